The summed E-state index contributed by atoms with van der Waals surface area (Å²) < 4.78 is 7.19. The van der Waals surface area contributed by atoms with Gasteiger partial charge in [0.15, 0.2) is 5.82 Å². The summed E-state index contributed by atoms with van der Waals surface area (Å²) in [6.45, 7) is 7.30. The van der Waals surface area contributed by atoms with Gasteiger partial charge < -0.3 is 10.5 Å². The maximum absolute atomic E-state index is 5.78. The van der Waals surface area contributed by atoms with Crippen molar-refractivity contribution in [2.24, 2.45) is 5.41 Å². The third-order valence-electron chi connectivity index (χ3n) is 3.53. The van der Waals surface area contributed by atoms with E-state index in [-0.39, 0.29) is 5.41 Å². The number of nitrogen functional groups attached to an aromatic ring is 1. The Balaban J connectivity index is 2.42. The Morgan fingerprint density at radius 2 is 2.10 bits per heavy atom. The van der Waals surface area contributed by atoms with Gasteiger partial charge in [-0.25, -0.2) is 4.68 Å². The molecule has 2 rings (SSSR count). The first-order valence-corrected chi connectivity index (χ1v) is 6.67. The smallest absolute Gasteiger partial charge is 0.185 e. The van der Waals surface area contributed by atoms with E-state index in [0.717, 1.165) is 18.5 Å². The molecule has 0 bridgehead atoms. The molecule has 1 aromatic heterocycles. The first-order chi connectivity index (χ1) is 9.46. The Morgan fingerprint density at radius 1 is 1.35 bits per heavy atom. The van der Waals surface area contributed by atoms with E-state index in [2.05, 4.69) is 36.3 Å². The van der Waals surface area contributed by atoms with Crippen molar-refractivity contribution in [3.63, 3.8) is 0 Å². The largest absolute Gasteiger partial charge is 0.496 e. The second-order valence-electron chi connectivity index (χ2n) is 5.64. The molecular formula is C14H21N5O. The molecule has 0 fully saturated rings. The van der Waals surface area contributed by atoms with Gasteiger partial charge in [-0.1, -0.05) is 20.8 Å². The lowest BCUT2D eigenvalue weighted by molar-refractivity contribution is 0.279. The Bertz CT molecular complexity index is 591. The van der Waals surface area contributed by atoms with Crippen LogP contribution in [-0.2, 0) is 6.54 Å². The van der Waals surface area contributed by atoms with E-state index in [4.69, 9.17) is 10.5 Å². The fraction of sp³-hybridized carbons (Fsp3) is 0.500. The van der Waals surface area contributed by atoms with Gasteiger partial charge in [-0.05, 0) is 34.4 Å². The number of hydrogen-bond donors (Lipinski definition) is 1. The maximum Gasteiger partial charge on any atom is 0.185 e. The topological polar surface area (TPSA) is 78.9 Å². The molecule has 0 aliphatic heterocycles. The minimum atomic E-state index is 0.130. The summed E-state index contributed by atoms with van der Waals surface area (Å²) in [6, 6.07) is 5.48. The first-order valence-electron chi connectivity index (χ1n) is 6.67. The van der Waals surface area contributed by atoms with E-state index < -0.39 is 0 Å². The van der Waals surface area contributed by atoms with E-state index in [1.165, 1.54) is 0 Å². The predicted octanol–water partition coefficient (Wildman–Crippen LogP) is 2.37. The first kappa shape index (κ1) is 14.3. The van der Waals surface area contributed by atoms with Gasteiger partial charge in [0.1, 0.15) is 5.75 Å². The van der Waals surface area contributed by atoms with Crippen LogP contribution in [0.15, 0.2) is 18.2 Å². The van der Waals surface area contributed by atoms with E-state index in [9.17, 15) is 0 Å². The van der Waals surface area contributed by atoms with Crippen LogP contribution in [0.4, 0.5) is 5.69 Å². The lowest BCUT2D eigenvalue weighted by atomic mass is 9.90. The molecule has 0 atom stereocenters. The molecule has 0 saturated heterocycles. The van der Waals surface area contributed by atoms with Gasteiger partial charge in [0.2, 0.25) is 0 Å². The molecular weight excluding hydrogens is 254 g/mol. The fourth-order valence-electron chi connectivity index (χ4n) is 1.91. The fourth-order valence-corrected chi connectivity index (χ4v) is 1.91. The molecule has 0 aliphatic rings. The van der Waals surface area contributed by atoms with Gasteiger partial charge >= 0.3 is 0 Å². The monoisotopic (exact) mass is 275 g/mol. The van der Waals surface area contributed by atoms with Crippen molar-refractivity contribution in [1.82, 2.24) is 20.2 Å². The molecule has 6 nitrogen and oxygen atoms in total. The molecule has 20 heavy (non-hydrogen) atoms. The maximum atomic E-state index is 5.78. The Labute approximate surface area is 118 Å². The van der Waals surface area contributed by atoms with Gasteiger partial charge in [-0.2, -0.15) is 0 Å². The number of ether oxygens (including phenoxy) is 1. The van der Waals surface area contributed by atoms with Crippen LogP contribution in [0, 0.1) is 5.41 Å². The van der Waals surface area contributed by atoms with Crippen LogP contribution < -0.4 is 10.5 Å². The number of benzene rings is 1. The van der Waals surface area contributed by atoms with E-state index in [1.807, 2.05) is 16.8 Å². The number of tetrazole rings is 1. The standard InChI is InChI=1S/C14H21N5O/c1-5-14(2,3)9-19-13(16-17-18-19)11-7-6-10(15)8-12(11)20-4/h6-8H,5,9,15H2,1-4H3. The summed E-state index contributed by atoms with van der Waals surface area (Å²) in [5.41, 5.74) is 7.41. The van der Waals surface area contributed by atoms with Crippen LogP contribution in [0.25, 0.3) is 11.4 Å². The van der Waals surface area contributed by atoms with Crippen LogP contribution in [0.1, 0.15) is 27.2 Å². The average Bonchev–Trinajstić information content (AvgIpc) is 2.85. The van der Waals surface area contributed by atoms with Gasteiger partial charge in [-0.3, -0.25) is 0 Å². The van der Waals surface area contributed by atoms with Crippen LogP contribution in [0.3, 0.4) is 0 Å². The molecule has 2 aromatic rings. The highest BCUT2D eigenvalue weighted by atomic mass is 16.5. The van der Waals surface area contributed by atoms with Gasteiger partial charge in [-0.15, -0.1) is 5.10 Å². The summed E-state index contributed by atoms with van der Waals surface area (Å²) in [4.78, 5) is 0. The van der Waals surface area contributed by atoms with Crippen LogP contribution in [0.2, 0.25) is 0 Å². The molecule has 108 valence electrons. The van der Waals surface area contributed by atoms with Crippen molar-refractivity contribution < 1.29 is 4.74 Å². The number of aromatic nitrogens is 4. The SMILES string of the molecule is CCC(C)(C)Cn1nnnc1-c1ccc(N)cc1OC. The second-order valence-corrected chi connectivity index (χ2v) is 5.64. The lowest BCUT2D eigenvalue weighted by Crippen LogP contribution is -2.20. The zero-order valence-corrected chi connectivity index (χ0v) is 12.4. The van der Waals surface area contributed by atoms with Gasteiger partial charge in [0.05, 0.1) is 19.2 Å². The Kier molecular flexibility index (Phi) is 3.92. The van der Waals surface area contributed by atoms with Gasteiger partial charge in [0.25, 0.3) is 0 Å². The highest BCUT2D eigenvalue weighted by molar-refractivity contribution is 5.67. The molecule has 0 radical (unpaired) electrons. The minimum absolute atomic E-state index is 0.130. The Morgan fingerprint density at radius 3 is 2.75 bits per heavy atom. The van der Waals surface area contributed by atoms with Gasteiger partial charge in [0, 0.05) is 11.8 Å². The molecule has 0 saturated carbocycles. The Hall–Kier alpha value is -2.11. The number of rotatable bonds is 5. The van der Waals surface area contributed by atoms with Crippen molar-refractivity contribution in [1.29, 1.82) is 0 Å². The summed E-state index contributed by atoms with van der Waals surface area (Å²) in [5.74, 6) is 1.37. The van der Waals surface area contributed by atoms with Crippen molar-refractivity contribution >= 4 is 5.69 Å². The van der Waals surface area contributed by atoms with Crippen molar-refractivity contribution in [3.8, 4) is 17.1 Å². The highest BCUT2D eigenvalue weighted by Crippen LogP contribution is 2.31. The quantitative estimate of drug-likeness (QED) is 0.847. The second kappa shape index (κ2) is 5.48. The molecule has 0 amide bonds. The van der Waals surface area contributed by atoms with Crippen molar-refractivity contribution in [2.75, 3.05) is 12.8 Å². The van der Waals surface area contributed by atoms with Crippen LogP contribution in [-0.4, -0.2) is 27.3 Å². The molecule has 0 unspecified atom stereocenters. The van der Waals surface area contributed by atoms with Crippen molar-refractivity contribution in [2.45, 2.75) is 33.7 Å². The number of nitrogens with zero attached hydrogens (tertiary/aromatic N) is 4. The van der Waals surface area contributed by atoms with Crippen LogP contribution >= 0.6 is 0 Å². The third kappa shape index (κ3) is 2.89. The normalized spacial score (nSPS) is 11.6. The minimum Gasteiger partial charge on any atom is -0.496 e. The third-order valence-corrected chi connectivity index (χ3v) is 3.53. The zero-order chi connectivity index (χ0) is 14.8. The number of nitrogens with two attached hydrogens (primary N) is 1. The van der Waals surface area contributed by atoms with E-state index >= 15 is 0 Å². The zero-order valence-electron chi connectivity index (χ0n) is 12.4. The lowest BCUT2D eigenvalue weighted by Gasteiger charge is -2.22. The molecule has 1 heterocycles. The number of hydrogen-bond acceptors (Lipinski definition) is 5. The molecule has 2 N–H and O–H groups in total. The number of anilines is 1. The molecule has 0 spiro atoms. The van der Waals surface area contributed by atoms with E-state index in [1.54, 1.807) is 13.2 Å². The van der Waals surface area contributed by atoms with E-state index in [0.29, 0.717) is 17.3 Å². The summed E-state index contributed by atoms with van der Waals surface area (Å²) in [7, 11) is 1.61. The predicted molar refractivity (Wildman–Crippen MR) is 78.3 cm³/mol. The summed E-state index contributed by atoms with van der Waals surface area (Å²) in [6.07, 6.45) is 1.05. The summed E-state index contributed by atoms with van der Waals surface area (Å²) >= 11 is 0. The van der Waals surface area contributed by atoms with Crippen LogP contribution in [0.5, 0.6) is 5.75 Å². The van der Waals surface area contributed by atoms with Crippen molar-refractivity contribution in [3.05, 3.63) is 18.2 Å². The summed E-state index contributed by atoms with van der Waals surface area (Å²) in [5, 5.41) is 12.0. The average molecular weight is 275 g/mol. The number of methoxy groups -OCH3 is 1. The highest BCUT2D eigenvalue weighted by Gasteiger charge is 2.21. The molecule has 0 aliphatic carbocycles. The molecule has 6 heteroatoms. The molecule has 1 aromatic carbocycles.